The molecule has 0 bridgehead atoms. The molecule has 0 aromatic carbocycles. The molecule has 1 fully saturated rings. The standard InChI is InChI=1S/C9H18F3N3/c1-8-6-14(3-2-13)4-5-15(8)7-9(10,11)12/h8H,2-7,13H2,1H3/t8-/m1/s1. The van der Waals surface area contributed by atoms with Crippen LogP contribution in [0.15, 0.2) is 0 Å². The maximum absolute atomic E-state index is 12.2. The summed E-state index contributed by atoms with van der Waals surface area (Å²) in [7, 11) is 0. The van der Waals surface area contributed by atoms with E-state index in [9.17, 15) is 13.2 Å². The summed E-state index contributed by atoms with van der Waals surface area (Å²) in [5.41, 5.74) is 5.41. The van der Waals surface area contributed by atoms with Gasteiger partial charge in [-0.2, -0.15) is 13.2 Å². The maximum atomic E-state index is 12.2. The largest absolute Gasteiger partial charge is 0.401 e. The van der Waals surface area contributed by atoms with Gasteiger partial charge in [0.25, 0.3) is 0 Å². The summed E-state index contributed by atoms with van der Waals surface area (Å²) in [5, 5.41) is 0. The van der Waals surface area contributed by atoms with Gasteiger partial charge in [-0.25, -0.2) is 0 Å². The van der Waals surface area contributed by atoms with E-state index < -0.39 is 12.7 Å². The van der Waals surface area contributed by atoms with Crippen LogP contribution in [0.5, 0.6) is 0 Å². The van der Waals surface area contributed by atoms with E-state index in [4.69, 9.17) is 5.73 Å². The smallest absolute Gasteiger partial charge is 0.329 e. The van der Waals surface area contributed by atoms with E-state index in [1.54, 1.807) is 0 Å². The molecule has 3 nitrogen and oxygen atoms in total. The maximum Gasteiger partial charge on any atom is 0.401 e. The molecule has 0 radical (unpaired) electrons. The molecule has 0 saturated carbocycles. The zero-order valence-electron chi connectivity index (χ0n) is 8.93. The average Bonchev–Trinajstić information content (AvgIpc) is 2.08. The van der Waals surface area contributed by atoms with Crippen LogP contribution in [0.1, 0.15) is 6.92 Å². The number of hydrogen-bond acceptors (Lipinski definition) is 3. The first kappa shape index (κ1) is 12.7. The van der Waals surface area contributed by atoms with Crippen molar-refractivity contribution >= 4 is 0 Å². The van der Waals surface area contributed by atoms with E-state index in [1.165, 1.54) is 4.90 Å². The van der Waals surface area contributed by atoms with Crippen LogP contribution in [-0.4, -0.2) is 61.3 Å². The highest BCUT2D eigenvalue weighted by Crippen LogP contribution is 2.19. The lowest BCUT2D eigenvalue weighted by molar-refractivity contribution is -0.154. The number of piperazine rings is 1. The molecule has 1 atom stereocenters. The van der Waals surface area contributed by atoms with E-state index in [0.717, 1.165) is 6.54 Å². The van der Waals surface area contributed by atoms with Crippen LogP contribution < -0.4 is 5.73 Å². The molecule has 0 amide bonds. The fourth-order valence-electron chi connectivity index (χ4n) is 1.92. The number of nitrogens with two attached hydrogens (primary N) is 1. The van der Waals surface area contributed by atoms with Gasteiger partial charge in [-0.1, -0.05) is 0 Å². The predicted octanol–water partition coefficient (Wildman–Crippen LogP) is 0.514. The number of alkyl halides is 3. The summed E-state index contributed by atoms with van der Waals surface area (Å²) in [6.45, 7) is 4.18. The second kappa shape index (κ2) is 5.14. The quantitative estimate of drug-likeness (QED) is 0.759. The molecule has 0 aliphatic carbocycles. The number of rotatable bonds is 3. The Hall–Kier alpha value is -0.330. The minimum Gasteiger partial charge on any atom is -0.329 e. The molecule has 90 valence electrons. The SMILES string of the molecule is C[C@@H]1CN(CCN)CCN1CC(F)(F)F. The second-order valence-electron chi connectivity index (χ2n) is 4.02. The molecule has 0 aromatic heterocycles. The van der Waals surface area contributed by atoms with Crippen molar-refractivity contribution in [1.82, 2.24) is 9.80 Å². The zero-order chi connectivity index (χ0) is 11.5. The Bertz CT molecular complexity index is 196. The normalized spacial score (nSPS) is 25.8. The Labute approximate surface area is 88.0 Å². The molecule has 1 aliphatic heterocycles. The number of halogens is 3. The van der Waals surface area contributed by atoms with Gasteiger partial charge in [-0.3, -0.25) is 9.80 Å². The summed E-state index contributed by atoms with van der Waals surface area (Å²) in [5.74, 6) is 0. The van der Waals surface area contributed by atoms with Crippen LogP contribution in [0.4, 0.5) is 13.2 Å². The fourth-order valence-corrected chi connectivity index (χ4v) is 1.92. The van der Waals surface area contributed by atoms with Crippen molar-refractivity contribution in [2.75, 3.05) is 39.3 Å². The van der Waals surface area contributed by atoms with Gasteiger partial charge in [0.15, 0.2) is 0 Å². The third-order valence-electron chi connectivity index (χ3n) is 2.68. The Morgan fingerprint density at radius 3 is 2.47 bits per heavy atom. The minimum absolute atomic E-state index is 0.0491. The van der Waals surface area contributed by atoms with Crippen molar-refractivity contribution in [3.8, 4) is 0 Å². The van der Waals surface area contributed by atoms with Gasteiger partial charge in [0, 0.05) is 38.8 Å². The highest BCUT2D eigenvalue weighted by Gasteiger charge is 2.34. The topological polar surface area (TPSA) is 32.5 Å². The monoisotopic (exact) mass is 225 g/mol. The molecule has 0 unspecified atom stereocenters. The lowest BCUT2D eigenvalue weighted by atomic mass is 10.2. The third kappa shape index (κ3) is 4.36. The molecule has 1 rings (SSSR count). The summed E-state index contributed by atoms with van der Waals surface area (Å²) in [4.78, 5) is 3.59. The molecular formula is C9H18F3N3. The van der Waals surface area contributed by atoms with Gasteiger partial charge in [-0.05, 0) is 6.92 Å². The van der Waals surface area contributed by atoms with Crippen molar-refractivity contribution in [3.05, 3.63) is 0 Å². The second-order valence-corrected chi connectivity index (χ2v) is 4.02. The Balaban J connectivity index is 2.39. The molecular weight excluding hydrogens is 207 g/mol. The summed E-state index contributed by atoms with van der Waals surface area (Å²) < 4.78 is 36.6. The third-order valence-corrected chi connectivity index (χ3v) is 2.68. The summed E-state index contributed by atoms with van der Waals surface area (Å²) >= 11 is 0. The summed E-state index contributed by atoms with van der Waals surface area (Å²) in [6.07, 6.45) is -4.09. The van der Waals surface area contributed by atoms with Gasteiger partial charge in [-0.15, -0.1) is 0 Å². The lowest BCUT2D eigenvalue weighted by Gasteiger charge is -2.39. The van der Waals surface area contributed by atoms with Gasteiger partial charge < -0.3 is 5.73 Å². The van der Waals surface area contributed by atoms with Crippen LogP contribution in [0, 0.1) is 0 Å². The Morgan fingerprint density at radius 2 is 2.00 bits per heavy atom. The van der Waals surface area contributed by atoms with Crippen molar-refractivity contribution < 1.29 is 13.2 Å². The van der Waals surface area contributed by atoms with Crippen LogP contribution in [-0.2, 0) is 0 Å². The molecule has 2 N–H and O–H groups in total. The van der Waals surface area contributed by atoms with E-state index in [1.807, 2.05) is 6.92 Å². The Morgan fingerprint density at radius 1 is 1.33 bits per heavy atom. The van der Waals surface area contributed by atoms with E-state index in [0.29, 0.717) is 26.2 Å². The predicted molar refractivity (Wildman–Crippen MR) is 52.6 cm³/mol. The molecule has 15 heavy (non-hydrogen) atoms. The molecule has 0 aromatic rings. The number of nitrogens with zero attached hydrogens (tertiary/aromatic N) is 2. The van der Waals surface area contributed by atoms with E-state index in [2.05, 4.69) is 4.90 Å². The van der Waals surface area contributed by atoms with E-state index >= 15 is 0 Å². The molecule has 1 aliphatic rings. The zero-order valence-corrected chi connectivity index (χ0v) is 8.93. The van der Waals surface area contributed by atoms with Crippen molar-refractivity contribution in [1.29, 1.82) is 0 Å². The van der Waals surface area contributed by atoms with Crippen molar-refractivity contribution in [2.24, 2.45) is 5.73 Å². The van der Waals surface area contributed by atoms with Crippen molar-refractivity contribution in [3.63, 3.8) is 0 Å². The molecule has 0 spiro atoms. The van der Waals surface area contributed by atoms with Gasteiger partial charge >= 0.3 is 6.18 Å². The highest BCUT2D eigenvalue weighted by atomic mass is 19.4. The fraction of sp³-hybridized carbons (Fsp3) is 1.00. The first-order valence-corrected chi connectivity index (χ1v) is 5.15. The van der Waals surface area contributed by atoms with Crippen LogP contribution in [0.3, 0.4) is 0 Å². The first-order valence-electron chi connectivity index (χ1n) is 5.15. The molecule has 1 saturated heterocycles. The van der Waals surface area contributed by atoms with Gasteiger partial charge in [0.2, 0.25) is 0 Å². The van der Waals surface area contributed by atoms with Crippen LogP contribution >= 0.6 is 0 Å². The minimum atomic E-state index is -4.09. The first-order chi connectivity index (χ1) is 6.92. The van der Waals surface area contributed by atoms with Gasteiger partial charge in [0.1, 0.15) is 0 Å². The van der Waals surface area contributed by atoms with E-state index in [-0.39, 0.29) is 6.04 Å². The lowest BCUT2D eigenvalue weighted by Crippen LogP contribution is -2.54. The van der Waals surface area contributed by atoms with Gasteiger partial charge in [0.05, 0.1) is 6.54 Å². The molecule has 1 heterocycles. The Kier molecular flexibility index (Phi) is 4.36. The average molecular weight is 225 g/mol. The molecule has 6 heteroatoms. The summed E-state index contributed by atoms with van der Waals surface area (Å²) in [6, 6.07) is -0.0491. The van der Waals surface area contributed by atoms with Crippen LogP contribution in [0.2, 0.25) is 0 Å². The highest BCUT2D eigenvalue weighted by molar-refractivity contribution is 4.80. The van der Waals surface area contributed by atoms with Crippen molar-refractivity contribution in [2.45, 2.75) is 19.1 Å². The number of hydrogen-bond donors (Lipinski definition) is 1. The van der Waals surface area contributed by atoms with Crippen LogP contribution in [0.25, 0.3) is 0 Å².